The van der Waals surface area contributed by atoms with E-state index in [1.165, 1.54) is 5.56 Å². The van der Waals surface area contributed by atoms with Gasteiger partial charge in [0.2, 0.25) is 5.91 Å². The predicted octanol–water partition coefficient (Wildman–Crippen LogP) is 1.80. The van der Waals surface area contributed by atoms with E-state index in [1.807, 2.05) is 25.1 Å². The molecule has 104 valence electrons. The number of nitrogens with zero attached hydrogens (tertiary/aromatic N) is 1. The monoisotopic (exact) mass is 270 g/mol. The standard InChI is InChI=1S/C15H18N4O/c1-2-10-9-17-19-14(10)18-15(20)13-12-6-4-3-5-11(12)7-8-16-13/h3-6,9,13,16H,2,7-8H2,1H3,(H2,17,18,19,20). The Morgan fingerprint density at radius 3 is 3.15 bits per heavy atom. The highest BCUT2D eigenvalue weighted by atomic mass is 16.2. The van der Waals surface area contributed by atoms with E-state index in [4.69, 9.17) is 0 Å². The Balaban J connectivity index is 1.82. The largest absolute Gasteiger partial charge is 0.309 e. The van der Waals surface area contributed by atoms with E-state index >= 15 is 0 Å². The molecule has 0 radical (unpaired) electrons. The van der Waals surface area contributed by atoms with Crippen molar-refractivity contribution in [3.63, 3.8) is 0 Å². The smallest absolute Gasteiger partial charge is 0.247 e. The van der Waals surface area contributed by atoms with Gasteiger partial charge in [0, 0.05) is 12.1 Å². The lowest BCUT2D eigenvalue weighted by Gasteiger charge is -2.25. The summed E-state index contributed by atoms with van der Waals surface area (Å²) in [6.45, 7) is 2.85. The zero-order valence-electron chi connectivity index (χ0n) is 11.4. The number of hydrogen-bond acceptors (Lipinski definition) is 3. The number of anilines is 1. The van der Waals surface area contributed by atoms with Crippen molar-refractivity contribution in [3.8, 4) is 0 Å². The molecule has 5 heteroatoms. The van der Waals surface area contributed by atoms with E-state index in [2.05, 4.69) is 26.9 Å². The summed E-state index contributed by atoms with van der Waals surface area (Å²) in [4.78, 5) is 12.5. The number of carbonyl (C=O) groups excluding carboxylic acids is 1. The minimum Gasteiger partial charge on any atom is -0.309 e. The number of H-pyrrole nitrogens is 1. The van der Waals surface area contributed by atoms with Gasteiger partial charge < -0.3 is 10.6 Å². The second kappa shape index (κ2) is 5.46. The summed E-state index contributed by atoms with van der Waals surface area (Å²) in [5, 5.41) is 13.0. The number of rotatable bonds is 3. The molecule has 3 N–H and O–H groups in total. The average Bonchev–Trinajstić information content (AvgIpc) is 2.93. The highest BCUT2D eigenvalue weighted by Crippen LogP contribution is 2.24. The van der Waals surface area contributed by atoms with E-state index in [0.29, 0.717) is 5.82 Å². The molecule has 1 aromatic heterocycles. The van der Waals surface area contributed by atoms with Crippen molar-refractivity contribution in [1.82, 2.24) is 15.5 Å². The molecule has 1 aliphatic rings. The topological polar surface area (TPSA) is 69.8 Å². The molecular weight excluding hydrogens is 252 g/mol. The molecule has 1 aromatic carbocycles. The number of amides is 1. The number of aryl methyl sites for hydroxylation is 1. The summed E-state index contributed by atoms with van der Waals surface area (Å²) < 4.78 is 0. The van der Waals surface area contributed by atoms with Gasteiger partial charge >= 0.3 is 0 Å². The van der Waals surface area contributed by atoms with Crippen LogP contribution in [0.1, 0.15) is 29.7 Å². The third kappa shape index (κ3) is 2.32. The van der Waals surface area contributed by atoms with E-state index in [1.54, 1.807) is 6.20 Å². The number of nitrogens with one attached hydrogen (secondary N) is 3. The number of hydrogen-bond donors (Lipinski definition) is 3. The van der Waals surface area contributed by atoms with Crippen molar-refractivity contribution in [1.29, 1.82) is 0 Å². The first-order valence-corrected chi connectivity index (χ1v) is 6.94. The Morgan fingerprint density at radius 2 is 2.30 bits per heavy atom. The molecule has 1 aliphatic heterocycles. The van der Waals surface area contributed by atoms with E-state index in [-0.39, 0.29) is 11.9 Å². The predicted molar refractivity (Wildman–Crippen MR) is 77.5 cm³/mol. The molecule has 1 unspecified atom stereocenters. The minimum absolute atomic E-state index is 0.0453. The number of benzene rings is 1. The zero-order chi connectivity index (χ0) is 13.9. The summed E-state index contributed by atoms with van der Waals surface area (Å²) in [5.74, 6) is 0.651. The summed E-state index contributed by atoms with van der Waals surface area (Å²) in [7, 11) is 0. The van der Waals surface area contributed by atoms with Crippen molar-refractivity contribution in [2.45, 2.75) is 25.8 Å². The maximum absolute atomic E-state index is 12.5. The molecule has 0 bridgehead atoms. The molecule has 0 aliphatic carbocycles. The van der Waals surface area contributed by atoms with E-state index in [0.717, 1.165) is 30.5 Å². The molecule has 0 spiro atoms. The lowest BCUT2D eigenvalue weighted by Crippen LogP contribution is -2.38. The van der Waals surface area contributed by atoms with Crippen LogP contribution in [0.15, 0.2) is 30.5 Å². The molecule has 20 heavy (non-hydrogen) atoms. The SMILES string of the molecule is CCc1cn[nH]c1NC(=O)C1NCCc2ccccc21. The van der Waals surface area contributed by atoms with E-state index < -0.39 is 0 Å². The van der Waals surface area contributed by atoms with E-state index in [9.17, 15) is 4.79 Å². The van der Waals surface area contributed by atoms with Gasteiger partial charge in [-0.1, -0.05) is 31.2 Å². The van der Waals surface area contributed by atoms with Crippen LogP contribution in [0.3, 0.4) is 0 Å². The van der Waals surface area contributed by atoms with Crippen LogP contribution in [0, 0.1) is 0 Å². The summed E-state index contributed by atoms with van der Waals surface area (Å²) in [5.41, 5.74) is 3.32. The average molecular weight is 270 g/mol. The second-order valence-electron chi connectivity index (χ2n) is 4.95. The Morgan fingerprint density at radius 1 is 1.45 bits per heavy atom. The summed E-state index contributed by atoms with van der Waals surface area (Å²) in [6.07, 6.45) is 3.54. The van der Waals surface area contributed by atoms with Crippen LogP contribution < -0.4 is 10.6 Å². The van der Waals surface area contributed by atoms with Gasteiger partial charge in [-0.3, -0.25) is 9.89 Å². The first-order chi connectivity index (χ1) is 9.79. The normalized spacial score (nSPS) is 17.6. The van der Waals surface area contributed by atoms with Crippen molar-refractivity contribution >= 4 is 11.7 Å². The van der Waals surface area contributed by atoms with Crippen molar-refractivity contribution in [2.75, 3.05) is 11.9 Å². The second-order valence-corrected chi connectivity index (χ2v) is 4.95. The number of fused-ring (bicyclic) bond motifs is 1. The third-order valence-electron chi connectivity index (χ3n) is 3.72. The molecule has 1 atom stereocenters. The van der Waals surface area contributed by atoms with Gasteiger partial charge in [-0.15, -0.1) is 0 Å². The Hall–Kier alpha value is -2.14. The fourth-order valence-electron chi connectivity index (χ4n) is 2.62. The van der Waals surface area contributed by atoms with Gasteiger partial charge in [0.1, 0.15) is 11.9 Å². The quantitative estimate of drug-likeness (QED) is 0.796. The minimum atomic E-state index is -0.298. The first kappa shape index (κ1) is 12.9. The number of aromatic nitrogens is 2. The van der Waals surface area contributed by atoms with Gasteiger partial charge in [0.05, 0.1) is 6.20 Å². The fraction of sp³-hybridized carbons (Fsp3) is 0.333. The molecule has 1 amide bonds. The molecule has 5 nitrogen and oxygen atoms in total. The Bertz CT molecular complexity index is 620. The molecule has 0 fully saturated rings. The van der Waals surface area contributed by atoms with Gasteiger partial charge in [0.15, 0.2) is 0 Å². The lowest BCUT2D eigenvalue weighted by atomic mass is 9.94. The number of aromatic amines is 1. The lowest BCUT2D eigenvalue weighted by molar-refractivity contribution is -0.118. The van der Waals surface area contributed by atoms with Crippen LogP contribution in [0.5, 0.6) is 0 Å². The van der Waals surface area contributed by atoms with Crippen LogP contribution in [-0.4, -0.2) is 22.6 Å². The maximum Gasteiger partial charge on any atom is 0.247 e. The van der Waals surface area contributed by atoms with Gasteiger partial charge in [-0.05, 0) is 24.0 Å². The summed E-state index contributed by atoms with van der Waals surface area (Å²) in [6, 6.07) is 7.79. The fourth-order valence-corrected chi connectivity index (χ4v) is 2.62. The van der Waals surface area contributed by atoms with Crippen molar-refractivity contribution in [3.05, 3.63) is 47.2 Å². The van der Waals surface area contributed by atoms with Crippen LogP contribution in [0.25, 0.3) is 0 Å². The molecule has 2 heterocycles. The van der Waals surface area contributed by atoms with Gasteiger partial charge in [-0.25, -0.2) is 0 Å². The maximum atomic E-state index is 12.5. The first-order valence-electron chi connectivity index (χ1n) is 6.94. The third-order valence-corrected chi connectivity index (χ3v) is 3.72. The summed E-state index contributed by atoms with van der Waals surface area (Å²) >= 11 is 0. The molecule has 0 saturated carbocycles. The van der Waals surface area contributed by atoms with Crippen LogP contribution >= 0.6 is 0 Å². The molecule has 0 saturated heterocycles. The molecule has 3 rings (SSSR count). The van der Waals surface area contributed by atoms with Gasteiger partial charge in [0.25, 0.3) is 0 Å². The van der Waals surface area contributed by atoms with Crippen LogP contribution in [-0.2, 0) is 17.6 Å². The van der Waals surface area contributed by atoms with Crippen LogP contribution in [0.4, 0.5) is 5.82 Å². The highest BCUT2D eigenvalue weighted by molar-refractivity contribution is 5.95. The highest BCUT2D eigenvalue weighted by Gasteiger charge is 2.26. The molecule has 2 aromatic rings. The van der Waals surface area contributed by atoms with Gasteiger partial charge in [-0.2, -0.15) is 5.10 Å². The Kier molecular flexibility index (Phi) is 3.52. The van der Waals surface area contributed by atoms with Crippen LogP contribution in [0.2, 0.25) is 0 Å². The molecular formula is C15H18N4O. The van der Waals surface area contributed by atoms with Crippen molar-refractivity contribution in [2.24, 2.45) is 0 Å². The van der Waals surface area contributed by atoms with Crippen molar-refractivity contribution < 1.29 is 4.79 Å². The zero-order valence-corrected chi connectivity index (χ0v) is 11.4. The number of carbonyl (C=O) groups is 1. The Labute approximate surface area is 117 Å².